The maximum absolute atomic E-state index is 12.9. The number of carbonyl (C=O) groups is 1. The Morgan fingerprint density at radius 1 is 0.895 bits per heavy atom. The fraction of sp³-hybridized carbons (Fsp3) is 0.214. The van der Waals surface area contributed by atoms with E-state index in [1.807, 2.05) is 36.4 Å². The molecule has 10 heteroatoms. The second kappa shape index (κ2) is 12.8. The number of hydrogen-bond donors (Lipinski definition) is 2. The van der Waals surface area contributed by atoms with Gasteiger partial charge in [0, 0.05) is 11.1 Å². The van der Waals surface area contributed by atoms with Gasteiger partial charge in [0.1, 0.15) is 17.7 Å². The Morgan fingerprint density at radius 3 is 2.16 bits per heavy atom. The highest BCUT2D eigenvalue weighted by Crippen LogP contribution is 2.43. The summed E-state index contributed by atoms with van der Waals surface area (Å²) in [6.45, 7) is 0. The van der Waals surface area contributed by atoms with Gasteiger partial charge in [0.25, 0.3) is 0 Å². The number of aromatic nitrogens is 1. The molecule has 0 aliphatic rings. The summed E-state index contributed by atoms with van der Waals surface area (Å²) in [6.07, 6.45) is 1.94. The van der Waals surface area contributed by atoms with Crippen LogP contribution in [0.15, 0.2) is 71.4 Å². The molecule has 0 bridgehead atoms. The van der Waals surface area contributed by atoms with Gasteiger partial charge in [-0.3, -0.25) is 4.79 Å². The number of methoxy groups -OCH3 is 4. The molecule has 1 heterocycles. The SMILES string of the molecule is COc1ccc(-c2conc2-c2cc(OC)c(OC)c(OC)c2)cc1NC(=O)C(N)Cc1ccccc1.Cl. The van der Waals surface area contributed by atoms with Gasteiger partial charge in [0.05, 0.1) is 40.2 Å². The second-order valence-corrected chi connectivity index (χ2v) is 8.19. The molecule has 38 heavy (non-hydrogen) atoms. The number of benzene rings is 3. The second-order valence-electron chi connectivity index (χ2n) is 8.19. The molecule has 9 nitrogen and oxygen atoms in total. The third-order valence-corrected chi connectivity index (χ3v) is 5.91. The van der Waals surface area contributed by atoms with Gasteiger partial charge >= 0.3 is 0 Å². The van der Waals surface area contributed by atoms with Crippen molar-refractivity contribution >= 4 is 24.0 Å². The van der Waals surface area contributed by atoms with E-state index in [0.29, 0.717) is 51.9 Å². The van der Waals surface area contributed by atoms with E-state index in [4.69, 9.17) is 29.2 Å². The van der Waals surface area contributed by atoms with Crippen LogP contribution in [0.3, 0.4) is 0 Å². The number of halogens is 1. The molecule has 1 atom stereocenters. The van der Waals surface area contributed by atoms with Gasteiger partial charge < -0.3 is 34.5 Å². The lowest BCUT2D eigenvalue weighted by Crippen LogP contribution is -2.37. The van der Waals surface area contributed by atoms with Crippen LogP contribution in [0, 0.1) is 0 Å². The van der Waals surface area contributed by atoms with Crippen LogP contribution in [0.25, 0.3) is 22.4 Å². The number of amides is 1. The predicted molar refractivity (Wildman–Crippen MR) is 148 cm³/mol. The van der Waals surface area contributed by atoms with Crippen molar-refractivity contribution in [3.63, 3.8) is 0 Å². The van der Waals surface area contributed by atoms with Crippen LogP contribution in [0.2, 0.25) is 0 Å². The first kappa shape index (κ1) is 28.4. The number of nitrogens with one attached hydrogen (secondary N) is 1. The van der Waals surface area contributed by atoms with E-state index in [2.05, 4.69) is 10.5 Å². The molecule has 1 aromatic heterocycles. The molecule has 1 unspecified atom stereocenters. The molecule has 0 saturated carbocycles. The fourth-order valence-electron chi connectivity index (χ4n) is 4.03. The summed E-state index contributed by atoms with van der Waals surface area (Å²) in [7, 11) is 6.17. The lowest BCUT2D eigenvalue weighted by Gasteiger charge is -2.16. The molecule has 0 saturated heterocycles. The zero-order valence-electron chi connectivity index (χ0n) is 21.5. The summed E-state index contributed by atoms with van der Waals surface area (Å²) in [5.41, 5.74) is 10.3. The zero-order chi connectivity index (χ0) is 26.4. The predicted octanol–water partition coefficient (Wildman–Crippen LogP) is 4.97. The highest BCUT2D eigenvalue weighted by atomic mass is 35.5. The quantitative estimate of drug-likeness (QED) is 0.290. The highest BCUT2D eigenvalue weighted by molar-refractivity contribution is 5.97. The van der Waals surface area contributed by atoms with Crippen LogP contribution < -0.4 is 30.0 Å². The van der Waals surface area contributed by atoms with Crippen molar-refractivity contribution in [1.29, 1.82) is 0 Å². The van der Waals surface area contributed by atoms with Gasteiger partial charge in [0.2, 0.25) is 11.7 Å². The molecule has 0 aliphatic carbocycles. The monoisotopic (exact) mass is 539 g/mol. The van der Waals surface area contributed by atoms with E-state index in [9.17, 15) is 4.79 Å². The van der Waals surface area contributed by atoms with Crippen LogP contribution in [0.4, 0.5) is 5.69 Å². The van der Waals surface area contributed by atoms with Gasteiger partial charge in [-0.25, -0.2) is 0 Å². The summed E-state index contributed by atoms with van der Waals surface area (Å²) in [5, 5.41) is 7.11. The Bertz CT molecular complexity index is 1350. The van der Waals surface area contributed by atoms with Crippen LogP contribution in [-0.4, -0.2) is 45.5 Å². The van der Waals surface area contributed by atoms with Gasteiger partial charge in [-0.05, 0) is 41.8 Å². The number of ether oxygens (including phenoxy) is 4. The third kappa shape index (κ3) is 6.01. The molecule has 1 amide bonds. The Morgan fingerprint density at radius 2 is 1.55 bits per heavy atom. The maximum atomic E-state index is 12.9. The van der Waals surface area contributed by atoms with Crippen LogP contribution in [-0.2, 0) is 11.2 Å². The minimum atomic E-state index is -0.735. The molecule has 4 rings (SSSR count). The molecular formula is C28H30ClN3O6. The normalized spacial score (nSPS) is 11.2. The fourth-order valence-corrected chi connectivity index (χ4v) is 4.03. The van der Waals surface area contributed by atoms with E-state index in [0.717, 1.165) is 11.1 Å². The van der Waals surface area contributed by atoms with E-state index in [1.54, 1.807) is 45.6 Å². The molecule has 0 aliphatic heterocycles. The van der Waals surface area contributed by atoms with E-state index >= 15 is 0 Å². The lowest BCUT2D eigenvalue weighted by atomic mass is 10.00. The Labute approximate surface area is 227 Å². The maximum Gasteiger partial charge on any atom is 0.241 e. The van der Waals surface area contributed by atoms with Gasteiger partial charge in [-0.1, -0.05) is 41.6 Å². The van der Waals surface area contributed by atoms with E-state index in [1.165, 1.54) is 13.4 Å². The number of rotatable bonds is 10. The summed E-state index contributed by atoms with van der Waals surface area (Å²) in [5.74, 6) is 1.62. The molecule has 4 aromatic rings. The van der Waals surface area contributed by atoms with Crippen LogP contribution >= 0.6 is 12.4 Å². The van der Waals surface area contributed by atoms with Gasteiger partial charge in [-0.15, -0.1) is 12.4 Å². The molecular weight excluding hydrogens is 510 g/mol. The summed E-state index contributed by atoms with van der Waals surface area (Å²) < 4.78 is 27.2. The van der Waals surface area contributed by atoms with Crippen molar-refractivity contribution in [3.05, 3.63) is 72.5 Å². The van der Waals surface area contributed by atoms with Crippen molar-refractivity contribution in [1.82, 2.24) is 5.16 Å². The molecule has 0 fully saturated rings. The van der Waals surface area contributed by atoms with E-state index < -0.39 is 6.04 Å². The molecule has 3 aromatic carbocycles. The van der Waals surface area contributed by atoms with Crippen molar-refractivity contribution in [2.45, 2.75) is 12.5 Å². The zero-order valence-corrected chi connectivity index (χ0v) is 22.3. The largest absolute Gasteiger partial charge is 0.495 e. The van der Waals surface area contributed by atoms with Crippen LogP contribution in [0.5, 0.6) is 23.0 Å². The van der Waals surface area contributed by atoms with Crippen molar-refractivity contribution in [2.75, 3.05) is 33.8 Å². The van der Waals surface area contributed by atoms with Crippen molar-refractivity contribution in [3.8, 4) is 45.4 Å². The number of hydrogen-bond acceptors (Lipinski definition) is 8. The first-order valence-corrected chi connectivity index (χ1v) is 11.5. The molecule has 3 N–H and O–H groups in total. The van der Waals surface area contributed by atoms with Crippen molar-refractivity contribution in [2.24, 2.45) is 5.73 Å². The average Bonchev–Trinajstić information content (AvgIpc) is 3.42. The topological polar surface area (TPSA) is 118 Å². The number of nitrogens with zero attached hydrogens (tertiary/aromatic N) is 1. The Balaban J connectivity index is 0.00000400. The van der Waals surface area contributed by atoms with Gasteiger partial charge in [-0.2, -0.15) is 0 Å². The third-order valence-electron chi connectivity index (χ3n) is 5.91. The lowest BCUT2D eigenvalue weighted by molar-refractivity contribution is -0.117. The van der Waals surface area contributed by atoms with Crippen molar-refractivity contribution < 1.29 is 28.3 Å². The standard InChI is InChI=1S/C28H29N3O6.ClH/c1-33-23-11-10-18(13-22(23)30-28(32)21(29)12-17-8-6-5-7-9-17)20-16-37-31-26(20)19-14-24(34-2)27(36-4)25(15-19)35-3;/h5-11,13-16,21H,12,29H2,1-4H3,(H,30,32);1H. The van der Waals surface area contributed by atoms with Gasteiger partial charge in [0.15, 0.2) is 11.5 Å². The Hall–Kier alpha value is -4.21. The average molecular weight is 540 g/mol. The first-order valence-electron chi connectivity index (χ1n) is 11.5. The number of nitrogens with two attached hydrogens (primary N) is 1. The minimum Gasteiger partial charge on any atom is -0.495 e. The summed E-state index contributed by atoms with van der Waals surface area (Å²) in [4.78, 5) is 12.9. The number of anilines is 1. The molecule has 0 spiro atoms. The first-order chi connectivity index (χ1) is 18.0. The number of carbonyl (C=O) groups excluding carboxylic acids is 1. The summed E-state index contributed by atoms with van der Waals surface area (Å²) in [6, 6.07) is 17.9. The summed E-state index contributed by atoms with van der Waals surface area (Å²) >= 11 is 0. The smallest absolute Gasteiger partial charge is 0.241 e. The van der Waals surface area contributed by atoms with E-state index in [-0.39, 0.29) is 18.3 Å². The molecule has 0 radical (unpaired) electrons. The minimum absolute atomic E-state index is 0. The highest BCUT2D eigenvalue weighted by Gasteiger charge is 2.21. The molecule has 200 valence electrons. The van der Waals surface area contributed by atoms with Crippen LogP contribution in [0.1, 0.15) is 5.56 Å². The Kier molecular flexibility index (Phi) is 9.59.